The number of nitrogens with one attached hydrogen (secondary N) is 2. The Morgan fingerprint density at radius 1 is 1.45 bits per heavy atom. The smallest absolute Gasteiger partial charge is 0.252 e. The van der Waals surface area contributed by atoms with Gasteiger partial charge in [0.2, 0.25) is 10.0 Å². The fourth-order valence-electron chi connectivity index (χ4n) is 2.57. The number of methoxy groups -OCH3 is 1. The topological polar surface area (TPSA) is 111 Å². The molecule has 122 valence electrons. The van der Waals surface area contributed by atoms with Crippen molar-refractivity contribution in [1.82, 2.24) is 10.0 Å². The number of rotatable bonds is 5. The van der Waals surface area contributed by atoms with Gasteiger partial charge in [0.05, 0.1) is 17.6 Å². The number of primary amides is 1. The van der Waals surface area contributed by atoms with Gasteiger partial charge in [0.1, 0.15) is 5.75 Å². The summed E-state index contributed by atoms with van der Waals surface area (Å²) < 4.78 is 32.6. The molecule has 8 heteroatoms. The van der Waals surface area contributed by atoms with Gasteiger partial charge in [0.25, 0.3) is 5.91 Å². The van der Waals surface area contributed by atoms with E-state index in [1.165, 1.54) is 25.3 Å². The summed E-state index contributed by atoms with van der Waals surface area (Å²) in [6.45, 7) is 2.78. The summed E-state index contributed by atoms with van der Waals surface area (Å²) >= 11 is 0. The van der Waals surface area contributed by atoms with E-state index in [9.17, 15) is 13.2 Å². The van der Waals surface area contributed by atoms with Gasteiger partial charge < -0.3 is 15.8 Å². The third kappa shape index (κ3) is 3.76. The maximum Gasteiger partial charge on any atom is 0.252 e. The van der Waals surface area contributed by atoms with Crippen LogP contribution in [0.4, 0.5) is 0 Å². The van der Waals surface area contributed by atoms with Gasteiger partial charge in [-0.15, -0.1) is 0 Å². The second kappa shape index (κ2) is 6.64. The van der Waals surface area contributed by atoms with Crippen molar-refractivity contribution in [3.63, 3.8) is 0 Å². The zero-order valence-electron chi connectivity index (χ0n) is 12.6. The fraction of sp³-hybridized carbons (Fsp3) is 0.500. The van der Waals surface area contributed by atoms with Crippen LogP contribution in [0.2, 0.25) is 0 Å². The lowest BCUT2D eigenvalue weighted by molar-refractivity contribution is 0.0997. The number of hydrogen-bond donors (Lipinski definition) is 3. The van der Waals surface area contributed by atoms with Crippen LogP contribution in [-0.2, 0) is 10.0 Å². The molecule has 0 bridgehead atoms. The number of carbonyl (C=O) groups excluding carboxylic acids is 1. The number of nitrogens with two attached hydrogens (primary N) is 1. The Labute approximate surface area is 130 Å². The van der Waals surface area contributed by atoms with Gasteiger partial charge in [-0.3, -0.25) is 4.79 Å². The molecule has 1 aliphatic rings. The minimum Gasteiger partial charge on any atom is -0.496 e. The summed E-state index contributed by atoms with van der Waals surface area (Å²) in [6, 6.07) is 4.21. The third-order valence-corrected chi connectivity index (χ3v) is 5.21. The number of sulfonamides is 1. The molecule has 2 unspecified atom stereocenters. The summed E-state index contributed by atoms with van der Waals surface area (Å²) in [5.74, 6) is -0.480. The molecule has 0 radical (unpaired) electrons. The highest BCUT2D eigenvalue weighted by atomic mass is 32.2. The van der Waals surface area contributed by atoms with Crippen molar-refractivity contribution in [2.24, 2.45) is 5.73 Å². The van der Waals surface area contributed by atoms with Crippen LogP contribution in [0.1, 0.15) is 30.1 Å². The summed E-state index contributed by atoms with van der Waals surface area (Å²) in [7, 11) is -2.31. The van der Waals surface area contributed by atoms with Crippen molar-refractivity contribution in [2.45, 2.75) is 36.7 Å². The molecule has 4 N–H and O–H groups in total. The number of amides is 1. The molecule has 2 atom stereocenters. The van der Waals surface area contributed by atoms with Crippen LogP contribution in [0.15, 0.2) is 23.1 Å². The maximum absolute atomic E-state index is 12.5. The van der Waals surface area contributed by atoms with Crippen LogP contribution >= 0.6 is 0 Å². The Kier molecular flexibility index (Phi) is 5.05. The summed E-state index contributed by atoms with van der Waals surface area (Å²) in [5, 5.41) is 3.26. The lowest BCUT2D eigenvalue weighted by atomic mass is 10.0. The fourth-order valence-corrected chi connectivity index (χ4v) is 3.88. The normalized spacial score (nSPS) is 22.3. The summed E-state index contributed by atoms with van der Waals surface area (Å²) in [6.07, 6.45) is 1.44. The average molecular weight is 327 g/mol. The molecule has 0 aliphatic carbocycles. The van der Waals surface area contributed by atoms with E-state index in [1.54, 1.807) is 0 Å². The molecule has 0 saturated carbocycles. The Balaban J connectivity index is 2.25. The Bertz CT molecular complexity index is 660. The van der Waals surface area contributed by atoms with Crippen LogP contribution in [0, 0.1) is 0 Å². The zero-order valence-corrected chi connectivity index (χ0v) is 13.4. The number of ether oxygens (including phenoxy) is 1. The minimum absolute atomic E-state index is 0.00767. The second-order valence-corrected chi connectivity index (χ2v) is 7.14. The number of carbonyl (C=O) groups is 1. The van der Waals surface area contributed by atoms with Gasteiger partial charge in [-0.25, -0.2) is 13.1 Å². The van der Waals surface area contributed by atoms with E-state index in [2.05, 4.69) is 10.0 Å². The van der Waals surface area contributed by atoms with E-state index in [1.807, 2.05) is 6.92 Å². The van der Waals surface area contributed by atoms with Gasteiger partial charge in [-0.2, -0.15) is 0 Å². The van der Waals surface area contributed by atoms with Gasteiger partial charge in [0.15, 0.2) is 0 Å². The van der Waals surface area contributed by atoms with Crippen molar-refractivity contribution in [3.8, 4) is 5.75 Å². The van der Waals surface area contributed by atoms with E-state index in [0.717, 1.165) is 19.4 Å². The Morgan fingerprint density at radius 3 is 2.77 bits per heavy atom. The predicted octanol–water partition coefficient (Wildman–Crippen LogP) is 0.213. The van der Waals surface area contributed by atoms with E-state index < -0.39 is 15.9 Å². The molecule has 0 aromatic heterocycles. The Morgan fingerprint density at radius 2 is 2.18 bits per heavy atom. The van der Waals surface area contributed by atoms with Crippen molar-refractivity contribution < 1.29 is 17.9 Å². The van der Waals surface area contributed by atoms with Crippen LogP contribution in [0.3, 0.4) is 0 Å². The monoisotopic (exact) mass is 327 g/mol. The van der Waals surface area contributed by atoms with Crippen LogP contribution in [0.5, 0.6) is 5.75 Å². The quantitative estimate of drug-likeness (QED) is 0.716. The minimum atomic E-state index is -3.71. The molecule has 1 aromatic carbocycles. The third-order valence-electron chi connectivity index (χ3n) is 3.69. The SMILES string of the molecule is COc1ccc(S(=O)(=O)NC2CCNC(C)C2)cc1C(N)=O. The first-order valence-corrected chi connectivity index (χ1v) is 8.55. The van der Waals surface area contributed by atoms with Crippen LogP contribution < -0.4 is 20.5 Å². The molecule has 2 rings (SSSR count). The molecule has 1 fully saturated rings. The van der Waals surface area contributed by atoms with Gasteiger partial charge in [-0.05, 0) is 44.5 Å². The molecular weight excluding hydrogens is 306 g/mol. The summed E-state index contributed by atoms with van der Waals surface area (Å²) in [4.78, 5) is 11.4. The van der Waals surface area contributed by atoms with Gasteiger partial charge in [-0.1, -0.05) is 0 Å². The second-order valence-electron chi connectivity index (χ2n) is 5.42. The molecule has 1 aliphatic heterocycles. The first-order valence-electron chi connectivity index (χ1n) is 7.07. The van der Waals surface area contributed by atoms with Crippen LogP contribution in [0.25, 0.3) is 0 Å². The molecule has 1 amide bonds. The van der Waals surface area contributed by atoms with Gasteiger partial charge >= 0.3 is 0 Å². The molecule has 22 heavy (non-hydrogen) atoms. The predicted molar refractivity (Wildman–Crippen MR) is 82.3 cm³/mol. The first kappa shape index (κ1) is 16.7. The molecule has 1 saturated heterocycles. The van der Waals surface area contributed by atoms with Crippen LogP contribution in [-0.4, -0.2) is 40.1 Å². The van der Waals surface area contributed by atoms with E-state index in [4.69, 9.17) is 10.5 Å². The van der Waals surface area contributed by atoms with Crippen molar-refractivity contribution >= 4 is 15.9 Å². The number of benzene rings is 1. The largest absolute Gasteiger partial charge is 0.496 e. The van der Waals surface area contributed by atoms with E-state index >= 15 is 0 Å². The zero-order chi connectivity index (χ0) is 16.3. The number of piperidine rings is 1. The van der Waals surface area contributed by atoms with E-state index in [-0.39, 0.29) is 28.3 Å². The molecular formula is C14H21N3O4S. The van der Waals surface area contributed by atoms with Crippen molar-refractivity contribution in [2.75, 3.05) is 13.7 Å². The molecule has 0 spiro atoms. The molecule has 7 nitrogen and oxygen atoms in total. The van der Waals surface area contributed by atoms with Crippen molar-refractivity contribution in [1.29, 1.82) is 0 Å². The van der Waals surface area contributed by atoms with Crippen molar-refractivity contribution in [3.05, 3.63) is 23.8 Å². The lowest BCUT2D eigenvalue weighted by Gasteiger charge is -2.28. The number of hydrogen-bond acceptors (Lipinski definition) is 5. The summed E-state index contributed by atoms with van der Waals surface area (Å²) in [5.41, 5.74) is 5.31. The lowest BCUT2D eigenvalue weighted by Crippen LogP contribution is -2.46. The first-order chi connectivity index (χ1) is 10.3. The van der Waals surface area contributed by atoms with E-state index in [0.29, 0.717) is 0 Å². The molecule has 1 aromatic rings. The highest BCUT2D eigenvalue weighted by Crippen LogP contribution is 2.22. The maximum atomic E-state index is 12.5. The highest BCUT2D eigenvalue weighted by molar-refractivity contribution is 7.89. The molecule has 1 heterocycles. The average Bonchev–Trinajstić information content (AvgIpc) is 2.46. The Hall–Kier alpha value is -1.64. The van der Waals surface area contributed by atoms with Gasteiger partial charge in [0, 0.05) is 12.1 Å². The highest BCUT2D eigenvalue weighted by Gasteiger charge is 2.25. The standard InChI is InChI=1S/C14H21N3O4S/c1-9-7-10(5-6-16-9)17-22(19,20)11-3-4-13(21-2)12(8-11)14(15)18/h3-4,8-10,16-17H,5-7H2,1-2H3,(H2,15,18).